The van der Waals surface area contributed by atoms with Gasteiger partial charge in [-0.3, -0.25) is 0 Å². The van der Waals surface area contributed by atoms with Gasteiger partial charge < -0.3 is 14.7 Å². The van der Waals surface area contributed by atoms with Gasteiger partial charge in [0.05, 0.1) is 6.61 Å². The molecule has 0 radical (unpaired) electrons. The van der Waals surface area contributed by atoms with E-state index in [1.807, 2.05) is 0 Å². The van der Waals surface area contributed by atoms with Crippen molar-refractivity contribution in [3.05, 3.63) is 0 Å². The molecule has 1 rings (SSSR count). The maximum atomic E-state index is 9.66. The van der Waals surface area contributed by atoms with Gasteiger partial charge in [-0.15, -0.1) is 0 Å². The van der Waals surface area contributed by atoms with Crippen molar-refractivity contribution in [3.8, 4) is 0 Å². The molecular formula is C13H27NO2. The predicted octanol–water partition coefficient (Wildman–Crippen LogP) is 1.90. The van der Waals surface area contributed by atoms with Crippen LogP contribution in [0.25, 0.3) is 0 Å². The van der Waals surface area contributed by atoms with Gasteiger partial charge in [-0.1, -0.05) is 13.8 Å². The third-order valence-corrected chi connectivity index (χ3v) is 4.05. The molecule has 3 heteroatoms. The van der Waals surface area contributed by atoms with E-state index in [1.54, 1.807) is 0 Å². The van der Waals surface area contributed by atoms with Crippen LogP contribution >= 0.6 is 0 Å². The van der Waals surface area contributed by atoms with Crippen LogP contribution in [0.4, 0.5) is 0 Å². The SMILES string of the molecule is CCC(C)N(CC)CC1(CO)CCOCC1. The second kappa shape index (κ2) is 6.58. The summed E-state index contributed by atoms with van der Waals surface area (Å²) < 4.78 is 5.40. The minimum atomic E-state index is 0.0810. The summed E-state index contributed by atoms with van der Waals surface area (Å²) in [6.45, 7) is 10.7. The van der Waals surface area contributed by atoms with Crippen LogP contribution in [-0.4, -0.2) is 49.0 Å². The molecule has 0 aromatic heterocycles. The Kier molecular flexibility index (Phi) is 5.73. The van der Waals surface area contributed by atoms with Crippen LogP contribution in [0.1, 0.15) is 40.0 Å². The molecule has 1 atom stereocenters. The highest BCUT2D eigenvalue weighted by atomic mass is 16.5. The Morgan fingerprint density at radius 3 is 2.38 bits per heavy atom. The van der Waals surface area contributed by atoms with Crippen LogP contribution in [0.2, 0.25) is 0 Å². The summed E-state index contributed by atoms with van der Waals surface area (Å²) in [6, 6.07) is 0.608. The molecular weight excluding hydrogens is 202 g/mol. The first kappa shape index (κ1) is 13.9. The average Bonchev–Trinajstić information content (AvgIpc) is 2.36. The molecule has 0 saturated carbocycles. The van der Waals surface area contributed by atoms with Crippen molar-refractivity contribution >= 4 is 0 Å². The van der Waals surface area contributed by atoms with Crippen LogP contribution < -0.4 is 0 Å². The molecule has 1 fully saturated rings. The second-order valence-electron chi connectivity index (χ2n) is 5.09. The summed E-state index contributed by atoms with van der Waals surface area (Å²) in [5, 5.41) is 9.66. The highest BCUT2D eigenvalue weighted by Gasteiger charge is 2.34. The van der Waals surface area contributed by atoms with E-state index >= 15 is 0 Å². The van der Waals surface area contributed by atoms with Gasteiger partial charge in [-0.05, 0) is 32.7 Å². The smallest absolute Gasteiger partial charge is 0.0501 e. The molecule has 0 amide bonds. The molecule has 1 N–H and O–H groups in total. The molecule has 1 saturated heterocycles. The Morgan fingerprint density at radius 2 is 1.94 bits per heavy atom. The quantitative estimate of drug-likeness (QED) is 0.755. The van der Waals surface area contributed by atoms with Gasteiger partial charge in [-0.25, -0.2) is 0 Å². The lowest BCUT2D eigenvalue weighted by atomic mass is 9.80. The number of hydrogen-bond donors (Lipinski definition) is 1. The molecule has 0 bridgehead atoms. The van der Waals surface area contributed by atoms with Crippen LogP contribution in [0.15, 0.2) is 0 Å². The maximum absolute atomic E-state index is 9.66. The molecule has 0 spiro atoms. The van der Waals surface area contributed by atoms with Gasteiger partial charge in [-0.2, -0.15) is 0 Å². The number of rotatable bonds is 6. The highest BCUT2D eigenvalue weighted by Crippen LogP contribution is 2.31. The van der Waals surface area contributed by atoms with Gasteiger partial charge in [0, 0.05) is 31.2 Å². The minimum absolute atomic E-state index is 0.0810. The Balaban J connectivity index is 2.58. The molecule has 0 aromatic carbocycles. The normalized spacial score (nSPS) is 22.3. The van der Waals surface area contributed by atoms with Crippen molar-refractivity contribution in [2.75, 3.05) is 32.9 Å². The number of hydrogen-bond acceptors (Lipinski definition) is 3. The van der Waals surface area contributed by atoms with Crippen molar-refractivity contribution in [2.24, 2.45) is 5.41 Å². The van der Waals surface area contributed by atoms with Crippen molar-refractivity contribution in [1.82, 2.24) is 4.90 Å². The summed E-state index contributed by atoms with van der Waals surface area (Å²) in [5.74, 6) is 0. The molecule has 16 heavy (non-hydrogen) atoms. The van der Waals surface area contributed by atoms with Gasteiger partial charge in [0.15, 0.2) is 0 Å². The zero-order valence-electron chi connectivity index (χ0n) is 11.0. The summed E-state index contributed by atoms with van der Waals surface area (Å²) in [7, 11) is 0. The van der Waals surface area contributed by atoms with E-state index in [9.17, 15) is 5.11 Å². The first-order valence-corrected chi connectivity index (χ1v) is 6.60. The largest absolute Gasteiger partial charge is 0.396 e. The fourth-order valence-corrected chi connectivity index (χ4v) is 2.44. The lowest BCUT2D eigenvalue weighted by molar-refractivity contribution is -0.0390. The van der Waals surface area contributed by atoms with Gasteiger partial charge >= 0.3 is 0 Å². The van der Waals surface area contributed by atoms with E-state index in [4.69, 9.17) is 4.74 Å². The van der Waals surface area contributed by atoms with Crippen LogP contribution in [0.3, 0.4) is 0 Å². The third kappa shape index (κ3) is 3.44. The maximum Gasteiger partial charge on any atom is 0.0501 e. The summed E-state index contributed by atoms with van der Waals surface area (Å²) in [6.07, 6.45) is 3.17. The zero-order valence-corrected chi connectivity index (χ0v) is 11.0. The van der Waals surface area contributed by atoms with Crippen LogP contribution in [0.5, 0.6) is 0 Å². The average molecular weight is 229 g/mol. The van der Waals surface area contributed by atoms with Crippen molar-refractivity contribution in [3.63, 3.8) is 0 Å². The summed E-state index contributed by atoms with van der Waals surface area (Å²) in [4.78, 5) is 2.49. The predicted molar refractivity (Wildman–Crippen MR) is 66.6 cm³/mol. The Morgan fingerprint density at radius 1 is 1.31 bits per heavy atom. The Labute approximate surface area is 99.8 Å². The van der Waals surface area contributed by atoms with E-state index < -0.39 is 0 Å². The van der Waals surface area contributed by atoms with E-state index in [-0.39, 0.29) is 5.41 Å². The molecule has 1 aliphatic heterocycles. The minimum Gasteiger partial charge on any atom is -0.396 e. The van der Waals surface area contributed by atoms with Crippen molar-refractivity contribution in [1.29, 1.82) is 0 Å². The first-order valence-electron chi connectivity index (χ1n) is 6.60. The Hall–Kier alpha value is -0.120. The van der Waals surface area contributed by atoms with Gasteiger partial charge in [0.2, 0.25) is 0 Å². The number of aliphatic hydroxyl groups is 1. The van der Waals surface area contributed by atoms with E-state index in [2.05, 4.69) is 25.7 Å². The summed E-state index contributed by atoms with van der Waals surface area (Å²) >= 11 is 0. The lowest BCUT2D eigenvalue weighted by Gasteiger charge is -2.41. The molecule has 0 aromatic rings. The van der Waals surface area contributed by atoms with E-state index in [0.717, 1.165) is 39.1 Å². The second-order valence-corrected chi connectivity index (χ2v) is 5.09. The fraction of sp³-hybridized carbons (Fsp3) is 1.00. The molecule has 1 aliphatic rings. The van der Waals surface area contributed by atoms with E-state index in [0.29, 0.717) is 12.6 Å². The highest BCUT2D eigenvalue weighted by molar-refractivity contribution is 4.85. The van der Waals surface area contributed by atoms with Crippen molar-refractivity contribution < 1.29 is 9.84 Å². The number of ether oxygens (including phenoxy) is 1. The number of aliphatic hydroxyl groups excluding tert-OH is 1. The fourth-order valence-electron chi connectivity index (χ4n) is 2.44. The molecule has 1 heterocycles. The van der Waals surface area contributed by atoms with Crippen LogP contribution in [-0.2, 0) is 4.74 Å². The first-order chi connectivity index (χ1) is 7.67. The van der Waals surface area contributed by atoms with Crippen LogP contribution in [0, 0.1) is 5.41 Å². The molecule has 0 aliphatic carbocycles. The topological polar surface area (TPSA) is 32.7 Å². The van der Waals surface area contributed by atoms with E-state index in [1.165, 1.54) is 6.42 Å². The standard InChI is InChI=1S/C13H27NO2/c1-4-12(3)14(5-2)10-13(11-15)6-8-16-9-7-13/h12,15H,4-11H2,1-3H3. The lowest BCUT2D eigenvalue weighted by Crippen LogP contribution is -2.46. The van der Waals surface area contributed by atoms with Crippen molar-refractivity contribution in [2.45, 2.75) is 46.1 Å². The Bertz CT molecular complexity index is 190. The number of nitrogens with zero attached hydrogens (tertiary/aromatic N) is 1. The summed E-state index contributed by atoms with van der Waals surface area (Å²) in [5.41, 5.74) is 0.0810. The zero-order chi connectivity index (χ0) is 12.0. The third-order valence-electron chi connectivity index (χ3n) is 4.05. The molecule has 96 valence electrons. The molecule has 3 nitrogen and oxygen atoms in total. The molecule has 1 unspecified atom stereocenters. The monoisotopic (exact) mass is 229 g/mol. The van der Waals surface area contributed by atoms with Gasteiger partial charge in [0.25, 0.3) is 0 Å². The van der Waals surface area contributed by atoms with Gasteiger partial charge in [0.1, 0.15) is 0 Å².